The number of carbonyl (C=O) groups excluding carboxylic acids is 2. The molecule has 1 saturated carbocycles. The van der Waals surface area contributed by atoms with E-state index in [4.69, 9.17) is 4.42 Å². The number of rotatable bonds is 5. The standard InChI is InChI=1S/C14H14N2O3S/c17-13(11-2-1-7-19-11)12-6-5-10(20-12)8-15-14(18)16-9-3-4-9/h1-2,5-7,9H,3-4,8H2,(H2,15,16,18). The Hall–Kier alpha value is -2.08. The second-order valence-corrected chi connectivity index (χ2v) is 5.84. The monoisotopic (exact) mass is 290 g/mol. The van der Waals surface area contributed by atoms with Gasteiger partial charge in [-0.05, 0) is 37.1 Å². The molecule has 0 radical (unpaired) electrons. The number of ketones is 1. The molecule has 0 aliphatic heterocycles. The summed E-state index contributed by atoms with van der Waals surface area (Å²) in [6.45, 7) is 0.425. The molecule has 2 aromatic heterocycles. The highest BCUT2D eigenvalue weighted by Gasteiger charge is 2.23. The van der Waals surface area contributed by atoms with Crippen molar-refractivity contribution in [2.45, 2.75) is 25.4 Å². The Kier molecular flexibility index (Phi) is 3.56. The van der Waals surface area contributed by atoms with E-state index in [2.05, 4.69) is 10.6 Å². The van der Waals surface area contributed by atoms with E-state index in [-0.39, 0.29) is 11.8 Å². The molecule has 1 aliphatic rings. The van der Waals surface area contributed by atoms with Crippen molar-refractivity contribution >= 4 is 23.2 Å². The van der Waals surface area contributed by atoms with Gasteiger partial charge in [-0.15, -0.1) is 11.3 Å². The summed E-state index contributed by atoms with van der Waals surface area (Å²) in [6.07, 6.45) is 3.61. The van der Waals surface area contributed by atoms with Crippen LogP contribution in [0.3, 0.4) is 0 Å². The maximum absolute atomic E-state index is 12.0. The lowest BCUT2D eigenvalue weighted by atomic mass is 10.2. The fourth-order valence-corrected chi connectivity index (χ4v) is 2.65. The Labute approximate surface area is 120 Å². The second-order valence-electron chi connectivity index (χ2n) is 4.67. The Bertz CT molecular complexity index is 614. The van der Waals surface area contributed by atoms with E-state index in [0.717, 1.165) is 17.7 Å². The van der Waals surface area contributed by atoms with E-state index >= 15 is 0 Å². The van der Waals surface area contributed by atoms with Crippen molar-refractivity contribution in [1.29, 1.82) is 0 Å². The number of carbonyl (C=O) groups is 2. The van der Waals surface area contributed by atoms with Gasteiger partial charge < -0.3 is 15.1 Å². The molecule has 0 aromatic carbocycles. The average Bonchev–Trinajstić information content (AvgIpc) is 2.98. The Morgan fingerprint density at radius 3 is 2.85 bits per heavy atom. The highest BCUT2D eigenvalue weighted by Crippen LogP contribution is 2.21. The minimum atomic E-state index is -0.153. The lowest BCUT2D eigenvalue weighted by molar-refractivity contribution is 0.101. The minimum Gasteiger partial charge on any atom is -0.461 e. The maximum atomic E-state index is 12.0. The molecule has 20 heavy (non-hydrogen) atoms. The van der Waals surface area contributed by atoms with Crippen LogP contribution in [0.2, 0.25) is 0 Å². The lowest BCUT2D eigenvalue weighted by Crippen LogP contribution is -2.36. The van der Waals surface area contributed by atoms with E-state index in [0.29, 0.717) is 23.2 Å². The third-order valence-corrected chi connectivity index (χ3v) is 4.05. The largest absolute Gasteiger partial charge is 0.461 e. The first-order valence-corrected chi connectivity index (χ1v) is 7.25. The summed E-state index contributed by atoms with van der Waals surface area (Å²) >= 11 is 1.36. The zero-order chi connectivity index (χ0) is 13.9. The number of furan rings is 1. The highest BCUT2D eigenvalue weighted by atomic mass is 32.1. The number of hydrogen-bond acceptors (Lipinski definition) is 4. The number of hydrogen-bond donors (Lipinski definition) is 2. The minimum absolute atomic E-state index is 0.131. The van der Waals surface area contributed by atoms with E-state index in [1.165, 1.54) is 17.6 Å². The van der Waals surface area contributed by atoms with Crippen molar-refractivity contribution in [3.05, 3.63) is 46.0 Å². The molecule has 0 bridgehead atoms. The van der Waals surface area contributed by atoms with Gasteiger partial charge >= 0.3 is 6.03 Å². The molecule has 6 heteroatoms. The van der Waals surface area contributed by atoms with Crippen molar-refractivity contribution in [3.63, 3.8) is 0 Å². The van der Waals surface area contributed by atoms with E-state index < -0.39 is 0 Å². The van der Waals surface area contributed by atoms with Crippen molar-refractivity contribution < 1.29 is 14.0 Å². The van der Waals surface area contributed by atoms with Crippen LogP contribution in [0, 0.1) is 0 Å². The molecule has 2 aromatic rings. The summed E-state index contributed by atoms with van der Waals surface area (Å²) < 4.78 is 5.09. The predicted molar refractivity (Wildman–Crippen MR) is 74.9 cm³/mol. The lowest BCUT2D eigenvalue weighted by Gasteiger charge is -2.04. The van der Waals surface area contributed by atoms with Crippen molar-refractivity contribution in [1.82, 2.24) is 10.6 Å². The molecule has 2 amide bonds. The molecule has 2 N–H and O–H groups in total. The summed E-state index contributed by atoms with van der Waals surface area (Å²) in [5.74, 6) is 0.200. The fourth-order valence-electron chi connectivity index (χ4n) is 1.76. The second kappa shape index (κ2) is 5.50. The van der Waals surface area contributed by atoms with Gasteiger partial charge in [-0.25, -0.2) is 4.79 Å². The van der Waals surface area contributed by atoms with Crippen molar-refractivity contribution in [2.75, 3.05) is 0 Å². The highest BCUT2D eigenvalue weighted by molar-refractivity contribution is 7.14. The van der Waals surface area contributed by atoms with Gasteiger partial charge in [-0.3, -0.25) is 4.79 Å². The first-order chi connectivity index (χ1) is 9.72. The molecule has 3 rings (SSSR count). The third kappa shape index (κ3) is 3.08. The van der Waals surface area contributed by atoms with Crippen LogP contribution in [0.5, 0.6) is 0 Å². The van der Waals surface area contributed by atoms with E-state index in [9.17, 15) is 9.59 Å². The van der Waals surface area contributed by atoms with E-state index in [1.807, 2.05) is 6.07 Å². The van der Waals surface area contributed by atoms with Gasteiger partial charge in [-0.1, -0.05) is 0 Å². The first kappa shape index (κ1) is 12.9. The summed E-state index contributed by atoms with van der Waals surface area (Å²) in [6, 6.07) is 7.12. The van der Waals surface area contributed by atoms with Gasteiger partial charge in [0.1, 0.15) is 0 Å². The summed E-state index contributed by atoms with van der Waals surface area (Å²) in [5, 5.41) is 5.63. The molecule has 5 nitrogen and oxygen atoms in total. The predicted octanol–water partition coefficient (Wildman–Crippen LogP) is 2.53. The van der Waals surface area contributed by atoms with Crippen molar-refractivity contribution in [3.8, 4) is 0 Å². The average molecular weight is 290 g/mol. The van der Waals surface area contributed by atoms with Gasteiger partial charge in [-0.2, -0.15) is 0 Å². The molecule has 1 fully saturated rings. The Morgan fingerprint density at radius 1 is 1.30 bits per heavy atom. The van der Waals surface area contributed by atoms with Crippen LogP contribution < -0.4 is 10.6 Å². The fraction of sp³-hybridized carbons (Fsp3) is 0.286. The number of thiophene rings is 1. The van der Waals surface area contributed by atoms with Gasteiger partial charge in [0.2, 0.25) is 5.78 Å². The molecule has 0 spiro atoms. The quantitative estimate of drug-likeness (QED) is 0.831. The Balaban J connectivity index is 1.56. The van der Waals surface area contributed by atoms with Gasteiger partial charge in [0.15, 0.2) is 5.76 Å². The van der Waals surface area contributed by atoms with Crippen LogP contribution in [0.4, 0.5) is 4.79 Å². The SMILES string of the molecule is O=C(NCc1ccc(C(=O)c2ccco2)s1)NC1CC1. The van der Waals surface area contributed by atoms with Crippen LogP contribution in [0.15, 0.2) is 34.9 Å². The zero-order valence-electron chi connectivity index (χ0n) is 10.7. The molecular weight excluding hydrogens is 276 g/mol. The molecule has 0 saturated heterocycles. The third-order valence-electron chi connectivity index (χ3n) is 2.97. The van der Waals surface area contributed by atoms with Gasteiger partial charge in [0, 0.05) is 10.9 Å². The Morgan fingerprint density at radius 2 is 2.15 bits per heavy atom. The molecule has 2 heterocycles. The first-order valence-electron chi connectivity index (χ1n) is 6.43. The molecule has 104 valence electrons. The summed E-state index contributed by atoms with van der Waals surface area (Å²) in [4.78, 5) is 25.1. The molecule has 0 atom stereocenters. The summed E-state index contributed by atoms with van der Waals surface area (Å²) in [7, 11) is 0. The van der Waals surface area contributed by atoms with Gasteiger partial charge in [0.25, 0.3) is 0 Å². The van der Waals surface area contributed by atoms with Crippen molar-refractivity contribution in [2.24, 2.45) is 0 Å². The normalized spacial score (nSPS) is 14.0. The van der Waals surface area contributed by atoms with Crippen LogP contribution in [0.1, 0.15) is 33.2 Å². The van der Waals surface area contributed by atoms with Crippen LogP contribution in [-0.4, -0.2) is 17.9 Å². The number of nitrogens with one attached hydrogen (secondary N) is 2. The summed E-state index contributed by atoms with van der Waals surface area (Å²) in [5.41, 5.74) is 0. The van der Waals surface area contributed by atoms with E-state index in [1.54, 1.807) is 18.2 Å². The molecule has 0 unspecified atom stereocenters. The van der Waals surface area contributed by atoms with Crippen LogP contribution in [0.25, 0.3) is 0 Å². The smallest absolute Gasteiger partial charge is 0.315 e. The van der Waals surface area contributed by atoms with Gasteiger partial charge in [0.05, 0.1) is 17.7 Å². The zero-order valence-corrected chi connectivity index (χ0v) is 11.5. The number of amides is 2. The topological polar surface area (TPSA) is 71.3 Å². The molecule has 1 aliphatic carbocycles. The van der Waals surface area contributed by atoms with Crippen LogP contribution in [-0.2, 0) is 6.54 Å². The number of urea groups is 1. The molecular formula is C14H14N2O3S. The maximum Gasteiger partial charge on any atom is 0.315 e. The van der Waals surface area contributed by atoms with Crippen LogP contribution >= 0.6 is 11.3 Å².